The van der Waals surface area contributed by atoms with Gasteiger partial charge in [0.2, 0.25) is 0 Å². The smallest absolute Gasteiger partial charge is 0.258 e. The van der Waals surface area contributed by atoms with Crippen LogP contribution in [0.5, 0.6) is 0 Å². The minimum atomic E-state index is -0.215. The van der Waals surface area contributed by atoms with Gasteiger partial charge in [-0.1, -0.05) is 37.5 Å². The summed E-state index contributed by atoms with van der Waals surface area (Å²) in [5.74, 6) is -0.215. The van der Waals surface area contributed by atoms with Gasteiger partial charge in [0, 0.05) is 31.4 Å². The summed E-state index contributed by atoms with van der Waals surface area (Å²) < 4.78 is 14.9. The Hall–Kier alpha value is -2.53. The Bertz CT molecular complexity index is 1010. The molecule has 0 N–H and O–H groups in total. The summed E-state index contributed by atoms with van der Waals surface area (Å²) in [5.41, 5.74) is 3.54. The van der Waals surface area contributed by atoms with E-state index < -0.39 is 0 Å². The van der Waals surface area contributed by atoms with Gasteiger partial charge >= 0.3 is 0 Å². The normalized spacial score (nSPS) is 15.4. The second-order valence-corrected chi connectivity index (χ2v) is 7.79. The highest BCUT2D eigenvalue weighted by atomic mass is 19.1. The lowest BCUT2D eigenvalue weighted by Gasteiger charge is -2.34. The summed E-state index contributed by atoms with van der Waals surface area (Å²) in [6, 6.07) is 12.7. The number of pyridine rings is 1. The van der Waals surface area contributed by atoms with Gasteiger partial charge in [0.15, 0.2) is 0 Å². The molecule has 146 valence electrons. The Morgan fingerprint density at radius 1 is 1.11 bits per heavy atom. The number of hydrogen-bond donors (Lipinski definition) is 0. The van der Waals surface area contributed by atoms with E-state index in [4.69, 9.17) is 4.98 Å². The predicted molar refractivity (Wildman–Crippen MR) is 109 cm³/mol. The Labute approximate surface area is 164 Å². The number of aromatic nitrogens is 2. The molecule has 0 radical (unpaired) electrons. The van der Waals surface area contributed by atoms with Crippen LogP contribution >= 0.6 is 0 Å². The summed E-state index contributed by atoms with van der Waals surface area (Å²) in [5, 5.41) is 0. The molecule has 3 aromatic rings. The summed E-state index contributed by atoms with van der Waals surface area (Å²) in [7, 11) is 0. The zero-order valence-corrected chi connectivity index (χ0v) is 16.3. The first-order valence-electron chi connectivity index (χ1n) is 10.1. The molecular formula is C23H26FN3O. The molecular weight excluding hydrogens is 353 g/mol. The minimum Gasteiger partial charge on any atom is -0.290 e. The standard InChI is InChI=1S/C23H26FN3O/c1-17-6-5-13-27-22(28)14-20(25-23(17)27)16-26(21-7-3-2-4-8-21)15-18-9-11-19(24)12-10-18/h5-6,9-14,21H,2-4,7-8,15-16H2,1H3. The van der Waals surface area contributed by atoms with E-state index in [9.17, 15) is 9.18 Å². The quantitative estimate of drug-likeness (QED) is 0.656. The Balaban J connectivity index is 1.64. The van der Waals surface area contributed by atoms with Crippen LogP contribution in [0.25, 0.3) is 5.65 Å². The van der Waals surface area contributed by atoms with E-state index in [0.717, 1.165) is 41.9 Å². The maximum absolute atomic E-state index is 13.3. The van der Waals surface area contributed by atoms with Crippen LogP contribution in [0, 0.1) is 12.7 Å². The van der Waals surface area contributed by atoms with Crippen molar-refractivity contribution >= 4 is 5.65 Å². The molecule has 0 bridgehead atoms. The van der Waals surface area contributed by atoms with E-state index >= 15 is 0 Å². The SMILES string of the molecule is Cc1cccn2c(=O)cc(CN(Cc3ccc(F)cc3)C3CCCCC3)nc12. The first-order valence-corrected chi connectivity index (χ1v) is 10.1. The molecule has 0 spiro atoms. The van der Waals surface area contributed by atoms with Gasteiger partial charge in [-0.2, -0.15) is 0 Å². The lowest BCUT2D eigenvalue weighted by Crippen LogP contribution is -2.36. The Morgan fingerprint density at radius 3 is 2.61 bits per heavy atom. The van der Waals surface area contributed by atoms with E-state index in [-0.39, 0.29) is 11.4 Å². The van der Waals surface area contributed by atoms with Crippen LogP contribution in [0.4, 0.5) is 4.39 Å². The van der Waals surface area contributed by atoms with Gasteiger partial charge in [-0.15, -0.1) is 0 Å². The van der Waals surface area contributed by atoms with Crippen molar-refractivity contribution in [3.8, 4) is 0 Å². The molecule has 0 atom stereocenters. The van der Waals surface area contributed by atoms with E-state index in [1.807, 2.05) is 31.2 Å². The second-order valence-electron chi connectivity index (χ2n) is 7.79. The van der Waals surface area contributed by atoms with Gasteiger partial charge in [0.25, 0.3) is 5.56 Å². The third-order valence-corrected chi connectivity index (χ3v) is 5.69. The minimum absolute atomic E-state index is 0.0472. The molecule has 0 aliphatic heterocycles. The zero-order chi connectivity index (χ0) is 19.5. The molecule has 1 aliphatic carbocycles. The van der Waals surface area contributed by atoms with Crippen molar-refractivity contribution in [3.05, 3.63) is 81.7 Å². The van der Waals surface area contributed by atoms with Gasteiger partial charge in [-0.3, -0.25) is 14.1 Å². The molecule has 28 heavy (non-hydrogen) atoms. The molecule has 1 saturated carbocycles. The molecule has 4 rings (SSSR count). The van der Waals surface area contributed by atoms with Crippen molar-refractivity contribution < 1.29 is 4.39 Å². The average molecular weight is 379 g/mol. The molecule has 0 amide bonds. The van der Waals surface area contributed by atoms with Crippen molar-refractivity contribution in [2.75, 3.05) is 0 Å². The predicted octanol–water partition coefficient (Wildman–Crippen LogP) is 4.48. The molecule has 0 unspecified atom stereocenters. The largest absolute Gasteiger partial charge is 0.290 e. The van der Waals surface area contributed by atoms with Crippen LogP contribution in [0.1, 0.15) is 48.9 Å². The second kappa shape index (κ2) is 8.23. The van der Waals surface area contributed by atoms with E-state index in [2.05, 4.69) is 4.90 Å². The van der Waals surface area contributed by atoms with Gasteiger partial charge < -0.3 is 0 Å². The van der Waals surface area contributed by atoms with Crippen molar-refractivity contribution in [1.29, 1.82) is 0 Å². The van der Waals surface area contributed by atoms with Gasteiger partial charge in [0.1, 0.15) is 11.5 Å². The third-order valence-electron chi connectivity index (χ3n) is 5.69. The van der Waals surface area contributed by atoms with Crippen LogP contribution in [0.2, 0.25) is 0 Å². The molecule has 1 fully saturated rings. The van der Waals surface area contributed by atoms with Gasteiger partial charge in [0.05, 0.1) is 5.69 Å². The maximum atomic E-state index is 13.3. The monoisotopic (exact) mass is 379 g/mol. The lowest BCUT2D eigenvalue weighted by molar-refractivity contribution is 0.138. The molecule has 5 heteroatoms. The number of aryl methyl sites for hydroxylation is 1. The lowest BCUT2D eigenvalue weighted by atomic mass is 9.93. The summed E-state index contributed by atoms with van der Waals surface area (Å²) in [4.78, 5) is 19.8. The van der Waals surface area contributed by atoms with Crippen molar-refractivity contribution in [2.24, 2.45) is 0 Å². The molecule has 0 saturated heterocycles. The van der Waals surface area contributed by atoms with Crippen LogP contribution in [-0.4, -0.2) is 20.3 Å². The maximum Gasteiger partial charge on any atom is 0.258 e. The summed E-state index contributed by atoms with van der Waals surface area (Å²) in [6.07, 6.45) is 7.84. The fraction of sp³-hybridized carbons (Fsp3) is 0.391. The van der Waals surface area contributed by atoms with E-state index in [1.165, 1.54) is 31.4 Å². The fourth-order valence-electron chi connectivity index (χ4n) is 4.18. The molecule has 1 aliphatic rings. The molecule has 2 aromatic heterocycles. The Morgan fingerprint density at radius 2 is 1.86 bits per heavy atom. The van der Waals surface area contributed by atoms with Crippen molar-refractivity contribution in [1.82, 2.24) is 14.3 Å². The first-order chi connectivity index (χ1) is 13.6. The van der Waals surface area contributed by atoms with Crippen LogP contribution in [0.3, 0.4) is 0 Å². The molecule has 1 aromatic carbocycles. The number of halogens is 1. The number of fused-ring (bicyclic) bond motifs is 1. The highest BCUT2D eigenvalue weighted by Crippen LogP contribution is 2.25. The third kappa shape index (κ3) is 4.14. The number of rotatable bonds is 5. The highest BCUT2D eigenvalue weighted by molar-refractivity contribution is 5.46. The number of benzene rings is 1. The van der Waals surface area contributed by atoms with Crippen LogP contribution in [0.15, 0.2) is 53.5 Å². The van der Waals surface area contributed by atoms with Gasteiger partial charge in [-0.05, 0) is 49.1 Å². The van der Waals surface area contributed by atoms with Crippen LogP contribution < -0.4 is 5.56 Å². The first kappa shape index (κ1) is 18.8. The van der Waals surface area contributed by atoms with Crippen LogP contribution in [-0.2, 0) is 13.1 Å². The Kier molecular flexibility index (Phi) is 5.53. The van der Waals surface area contributed by atoms with Crippen molar-refractivity contribution in [2.45, 2.75) is 58.2 Å². The summed E-state index contributed by atoms with van der Waals surface area (Å²) in [6.45, 7) is 3.34. The zero-order valence-electron chi connectivity index (χ0n) is 16.3. The van der Waals surface area contributed by atoms with E-state index in [1.54, 1.807) is 16.7 Å². The topological polar surface area (TPSA) is 37.6 Å². The highest BCUT2D eigenvalue weighted by Gasteiger charge is 2.22. The van der Waals surface area contributed by atoms with Crippen molar-refractivity contribution in [3.63, 3.8) is 0 Å². The van der Waals surface area contributed by atoms with E-state index in [0.29, 0.717) is 12.6 Å². The fourth-order valence-corrected chi connectivity index (χ4v) is 4.18. The number of hydrogen-bond acceptors (Lipinski definition) is 3. The number of nitrogens with zero attached hydrogens (tertiary/aromatic N) is 3. The summed E-state index contributed by atoms with van der Waals surface area (Å²) >= 11 is 0. The average Bonchev–Trinajstić information content (AvgIpc) is 2.71. The van der Waals surface area contributed by atoms with Gasteiger partial charge in [-0.25, -0.2) is 9.37 Å². The molecule has 4 nitrogen and oxygen atoms in total. The molecule has 2 heterocycles.